The number of carbonyl (C=O) groups is 1. The van der Waals surface area contributed by atoms with Gasteiger partial charge in [0.15, 0.2) is 11.5 Å². The largest absolute Gasteiger partial charge is 0.454 e. The summed E-state index contributed by atoms with van der Waals surface area (Å²) < 4.78 is 16.3. The second-order valence-electron chi connectivity index (χ2n) is 7.38. The summed E-state index contributed by atoms with van der Waals surface area (Å²) >= 11 is 0. The molecule has 0 unspecified atom stereocenters. The van der Waals surface area contributed by atoms with Crippen LogP contribution < -0.4 is 14.8 Å². The molecule has 7 nitrogen and oxygen atoms in total. The molecular weight excluding hydrogens is 346 g/mol. The quantitative estimate of drug-likeness (QED) is 0.830. The van der Waals surface area contributed by atoms with Crippen LogP contribution >= 0.6 is 0 Å². The van der Waals surface area contributed by atoms with Gasteiger partial charge in [0.05, 0.1) is 0 Å². The van der Waals surface area contributed by atoms with Crippen molar-refractivity contribution in [2.24, 2.45) is 11.8 Å². The second-order valence-corrected chi connectivity index (χ2v) is 7.38. The molecule has 144 valence electrons. The second kappa shape index (κ2) is 7.58. The van der Waals surface area contributed by atoms with Gasteiger partial charge in [-0.3, -0.25) is 4.79 Å². The van der Waals surface area contributed by atoms with Crippen molar-refractivity contribution in [3.63, 3.8) is 0 Å². The average Bonchev–Trinajstić information content (AvgIpc) is 3.45. The molecule has 7 heteroatoms. The standard InChI is InChI=1S/C20H25N3O4/c1-3-12(2)17(21-19(24)13-6-4-5-7-13)20-22-18(23-27-20)14-8-9-15-16(10-14)26-11-25-15/h8-10,12-13,17H,3-7,11H2,1-2H3,(H,21,24)/t12-,17-/m1/s1. The van der Waals surface area contributed by atoms with Crippen LogP contribution in [0.2, 0.25) is 0 Å². The number of hydrogen-bond acceptors (Lipinski definition) is 6. The minimum absolute atomic E-state index is 0.0978. The van der Waals surface area contributed by atoms with E-state index in [0.29, 0.717) is 23.2 Å². The summed E-state index contributed by atoms with van der Waals surface area (Å²) in [6.45, 7) is 4.40. The van der Waals surface area contributed by atoms with Crippen LogP contribution in [-0.2, 0) is 4.79 Å². The number of hydrogen-bond donors (Lipinski definition) is 1. The van der Waals surface area contributed by atoms with Crippen LogP contribution in [0.4, 0.5) is 0 Å². The van der Waals surface area contributed by atoms with Gasteiger partial charge in [0.2, 0.25) is 24.4 Å². The molecule has 1 saturated carbocycles. The minimum atomic E-state index is -0.279. The molecule has 2 atom stereocenters. The third-order valence-electron chi connectivity index (χ3n) is 5.58. The average molecular weight is 371 g/mol. The summed E-state index contributed by atoms with van der Waals surface area (Å²) in [4.78, 5) is 17.2. The number of nitrogens with one attached hydrogen (secondary N) is 1. The smallest absolute Gasteiger partial charge is 0.249 e. The first kappa shape index (κ1) is 17.8. The van der Waals surface area contributed by atoms with Gasteiger partial charge < -0.3 is 19.3 Å². The maximum Gasteiger partial charge on any atom is 0.249 e. The summed E-state index contributed by atoms with van der Waals surface area (Å²) in [5, 5.41) is 7.27. The lowest BCUT2D eigenvalue weighted by Gasteiger charge is -2.22. The van der Waals surface area contributed by atoms with E-state index in [-0.39, 0.29) is 30.6 Å². The van der Waals surface area contributed by atoms with Crippen molar-refractivity contribution in [1.29, 1.82) is 0 Å². The number of amides is 1. The maximum atomic E-state index is 12.6. The molecule has 0 radical (unpaired) electrons. The molecule has 2 aliphatic rings. The Morgan fingerprint density at radius 2 is 2.04 bits per heavy atom. The highest BCUT2D eigenvalue weighted by molar-refractivity contribution is 5.79. The molecule has 0 spiro atoms. The maximum absolute atomic E-state index is 12.6. The lowest BCUT2D eigenvalue weighted by atomic mass is 9.97. The van der Waals surface area contributed by atoms with Gasteiger partial charge in [-0.2, -0.15) is 4.98 Å². The SMILES string of the molecule is CC[C@@H](C)[C@@H](NC(=O)C1CCCC1)c1nc(-c2ccc3c(c2)OCO3)no1. The van der Waals surface area contributed by atoms with Gasteiger partial charge in [-0.1, -0.05) is 38.3 Å². The Balaban J connectivity index is 1.55. The fourth-order valence-electron chi connectivity index (χ4n) is 3.66. The molecular formula is C20H25N3O4. The highest BCUT2D eigenvalue weighted by Gasteiger charge is 2.30. The Bertz CT molecular complexity index is 813. The number of fused-ring (bicyclic) bond motifs is 1. The zero-order chi connectivity index (χ0) is 18.8. The van der Waals surface area contributed by atoms with Crippen LogP contribution in [0.3, 0.4) is 0 Å². The van der Waals surface area contributed by atoms with Gasteiger partial charge >= 0.3 is 0 Å². The first-order valence-electron chi connectivity index (χ1n) is 9.69. The molecule has 1 aliphatic carbocycles. The van der Waals surface area contributed by atoms with Crippen molar-refractivity contribution in [1.82, 2.24) is 15.5 Å². The summed E-state index contributed by atoms with van der Waals surface area (Å²) in [6, 6.07) is 5.27. The molecule has 1 amide bonds. The molecule has 0 bridgehead atoms. The summed E-state index contributed by atoms with van der Waals surface area (Å²) in [5.74, 6) is 2.71. The molecule has 1 aromatic carbocycles. The van der Waals surface area contributed by atoms with E-state index < -0.39 is 0 Å². The van der Waals surface area contributed by atoms with E-state index >= 15 is 0 Å². The summed E-state index contributed by atoms with van der Waals surface area (Å²) in [7, 11) is 0. The first-order valence-corrected chi connectivity index (χ1v) is 9.69. The predicted octanol–water partition coefficient (Wildman–Crippen LogP) is 3.86. The number of rotatable bonds is 6. The molecule has 1 aromatic heterocycles. The van der Waals surface area contributed by atoms with Gasteiger partial charge in [0, 0.05) is 11.5 Å². The normalized spacial score (nSPS) is 18.4. The van der Waals surface area contributed by atoms with Crippen LogP contribution in [-0.4, -0.2) is 22.8 Å². The summed E-state index contributed by atoms with van der Waals surface area (Å²) in [6.07, 6.45) is 5.08. The van der Waals surface area contributed by atoms with Crippen LogP contribution in [0.1, 0.15) is 57.9 Å². The topological polar surface area (TPSA) is 86.5 Å². The monoisotopic (exact) mass is 371 g/mol. The summed E-state index contributed by atoms with van der Waals surface area (Å²) in [5.41, 5.74) is 0.791. The van der Waals surface area contributed by atoms with Crippen molar-refractivity contribution in [2.75, 3.05) is 6.79 Å². The Morgan fingerprint density at radius 3 is 2.81 bits per heavy atom. The van der Waals surface area contributed by atoms with E-state index in [4.69, 9.17) is 14.0 Å². The van der Waals surface area contributed by atoms with E-state index in [1.54, 1.807) is 0 Å². The zero-order valence-electron chi connectivity index (χ0n) is 15.7. The number of carbonyl (C=O) groups excluding carboxylic acids is 1. The van der Waals surface area contributed by atoms with E-state index in [9.17, 15) is 4.79 Å². The molecule has 27 heavy (non-hydrogen) atoms. The fraction of sp³-hybridized carbons (Fsp3) is 0.550. The Labute approximate surface area is 158 Å². The number of aromatic nitrogens is 2. The molecule has 1 N–H and O–H groups in total. The third-order valence-corrected chi connectivity index (χ3v) is 5.58. The molecule has 4 rings (SSSR count). The molecule has 1 fully saturated rings. The molecule has 1 aliphatic heterocycles. The minimum Gasteiger partial charge on any atom is -0.454 e. The van der Waals surface area contributed by atoms with E-state index in [1.807, 2.05) is 18.2 Å². The van der Waals surface area contributed by atoms with Crippen molar-refractivity contribution < 1.29 is 18.8 Å². The van der Waals surface area contributed by atoms with Gasteiger partial charge in [0.1, 0.15) is 6.04 Å². The number of benzene rings is 1. The van der Waals surface area contributed by atoms with E-state index in [0.717, 1.165) is 37.7 Å². The molecule has 2 aromatic rings. The highest BCUT2D eigenvalue weighted by Crippen LogP contribution is 2.36. The molecule has 2 heterocycles. The number of nitrogens with zero attached hydrogens (tertiary/aromatic N) is 2. The van der Waals surface area contributed by atoms with Crippen LogP contribution in [0, 0.1) is 11.8 Å². The van der Waals surface area contributed by atoms with E-state index in [2.05, 4.69) is 29.3 Å². The third kappa shape index (κ3) is 3.63. The zero-order valence-corrected chi connectivity index (χ0v) is 15.7. The van der Waals surface area contributed by atoms with Gasteiger partial charge in [-0.15, -0.1) is 0 Å². The van der Waals surface area contributed by atoms with Gasteiger partial charge in [-0.25, -0.2) is 0 Å². The van der Waals surface area contributed by atoms with Crippen LogP contribution in [0.5, 0.6) is 11.5 Å². The Morgan fingerprint density at radius 1 is 1.26 bits per heavy atom. The lowest BCUT2D eigenvalue weighted by Crippen LogP contribution is -2.36. The fourth-order valence-corrected chi connectivity index (χ4v) is 3.66. The highest BCUT2D eigenvalue weighted by atomic mass is 16.7. The Kier molecular flexibility index (Phi) is 5.01. The van der Waals surface area contributed by atoms with E-state index in [1.165, 1.54) is 0 Å². The van der Waals surface area contributed by atoms with Crippen molar-refractivity contribution in [3.8, 4) is 22.9 Å². The predicted molar refractivity (Wildman–Crippen MR) is 98.2 cm³/mol. The van der Waals surface area contributed by atoms with Crippen molar-refractivity contribution in [2.45, 2.75) is 52.0 Å². The van der Waals surface area contributed by atoms with Gasteiger partial charge in [-0.05, 0) is 37.0 Å². The first-order chi connectivity index (χ1) is 13.2. The van der Waals surface area contributed by atoms with Crippen LogP contribution in [0.25, 0.3) is 11.4 Å². The van der Waals surface area contributed by atoms with Crippen molar-refractivity contribution >= 4 is 5.91 Å². The molecule has 0 saturated heterocycles. The number of ether oxygens (including phenoxy) is 2. The van der Waals surface area contributed by atoms with Crippen LogP contribution in [0.15, 0.2) is 22.7 Å². The van der Waals surface area contributed by atoms with Gasteiger partial charge in [0.25, 0.3) is 0 Å². The van der Waals surface area contributed by atoms with Crippen molar-refractivity contribution in [3.05, 3.63) is 24.1 Å². The lowest BCUT2D eigenvalue weighted by molar-refractivity contribution is -0.126. The Hall–Kier alpha value is -2.57.